The fourth-order valence-corrected chi connectivity index (χ4v) is 3.40. The van der Waals surface area contributed by atoms with Gasteiger partial charge >= 0.3 is 0 Å². The Kier molecular flexibility index (Phi) is 5.72. The number of carbonyl (C=O) groups excluding carboxylic acids is 1. The zero-order valence-electron chi connectivity index (χ0n) is 16.4. The van der Waals surface area contributed by atoms with E-state index in [2.05, 4.69) is 15.2 Å². The van der Waals surface area contributed by atoms with Crippen molar-refractivity contribution in [3.05, 3.63) is 78.6 Å². The van der Waals surface area contributed by atoms with Crippen LogP contribution >= 0.6 is 0 Å². The summed E-state index contributed by atoms with van der Waals surface area (Å²) in [6.45, 7) is 3.00. The number of anilines is 4. The Labute approximate surface area is 170 Å². The maximum atomic E-state index is 12.9. The Hall–Kier alpha value is -3.38. The van der Waals surface area contributed by atoms with Gasteiger partial charge in [-0.25, -0.2) is 0 Å². The lowest BCUT2D eigenvalue weighted by molar-refractivity contribution is 0.102. The molecular weight excluding hydrogens is 364 g/mol. The molecule has 1 amide bonds. The van der Waals surface area contributed by atoms with E-state index in [9.17, 15) is 4.79 Å². The van der Waals surface area contributed by atoms with Gasteiger partial charge in [0.25, 0.3) is 5.91 Å². The van der Waals surface area contributed by atoms with E-state index >= 15 is 0 Å². The average Bonchev–Trinajstić information content (AvgIpc) is 2.80. The largest absolute Gasteiger partial charge is 0.378 e. The number of carbonyl (C=O) groups is 1. The number of aromatic nitrogens is 1. The summed E-state index contributed by atoms with van der Waals surface area (Å²) < 4.78 is 5.44. The molecule has 1 fully saturated rings. The smallest absolute Gasteiger partial charge is 0.274 e. The molecule has 0 spiro atoms. The first-order chi connectivity index (χ1) is 14.2. The molecule has 1 aromatic heterocycles. The molecule has 1 aliphatic heterocycles. The highest BCUT2D eigenvalue weighted by Crippen LogP contribution is 2.27. The molecule has 1 saturated heterocycles. The molecule has 6 nitrogen and oxygen atoms in total. The van der Waals surface area contributed by atoms with Crippen LogP contribution in [0, 0.1) is 0 Å². The lowest BCUT2D eigenvalue weighted by Gasteiger charge is -2.30. The molecule has 6 heteroatoms. The van der Waals surface area contributed by atoms with Crippen LogP contribution in [0.2, 0.25) is 0 Å². The molecule has 4 rings (SSSR count). The molecule has 0 bridgehead atoms. The molecule has 0 saturated carbocycles. The van der Waals surface area contributed by atoms with Gasteiger partial charge in [-0.05, 0) is 36.4 Å². The van der Waals surface area contributed by atoms with Crippen molar-refractivity contribution in [2.24, 2.45) is 0 Å². The summed E-state index contributed by atoms with van der Waals surface area (Å²) in [5, 5.41) is 3.03. The second kappa shape index (κ2) is 8.75. The molecule has 2 aromatic carbocycles. The average molecular weight is 388 g/mol. The molecule has 0 unspecified atom stereocenters. The van der Waals surface area contributed by atoms with E-state index in [-0.39, 0.29) is 5.91 Å². The Bertz CT molecular complexity index is 971. The Balaban J connectivity index is 1.54. The van der Waals surface area contributed by atoms with Crippen molar-refractivity contribution in [2.45, 2.75) is 0 Å². The van der Waals surface area contributed by atoms with E-state index in [1.807, 2.05) is 72.6 Å². The summed E-state index contributed by atoms with van der Waals surface area (Å²) >= 11 is 0. The van der Waals surface area contributed by atoms with Gasteiger partial charge < -0.3 is 19.9 Å². The number of benzene rings is 2. The molecule has 0 radical (unpaired) electrons. The van der Waals surface area contributed by atoms with Crippen molar-refractivity contribution >= 4 is 28.7 Å². The van der Waals surface area contributed by atoms with Crippen molar-refractivity contribution in [3.8, 4) is 0 Å². The van der Waals surface area contributed by atoms with Crippen LogP contribution in [0.5, 0.6) is 0 Å². The van der Waals surface area contributed by atoms with Gasteiger partial charge in [0.15, 0.2) is 0 Å². The van der Waals surface area contributed by atoms with Crippen molar-refractivity contribution < 1.29 is 9.53 Å². The number of pyridine rings is 1. The predicted octanol–water partition coefficient (Wildman–Crippen LogP) is 3.94. The van der Waals surface area contributed by atoms with Crippen molar-refractivity contribution in [3.63, 3.8) is 0 Å². The van der Waals surface area contributed by atoms with Gasteiger partial charge in [-0.1, -0.05) is 30.3 Å². The highest BCUT2D eigenvalue weighted by atomic mass is 16.5. The van der Waals surface area contributed by atoms with Crippen LogP contribution in [-0.2, 0) is 4.74 Å². The SMILES string of the molecule is CN(c1ccccc1)c1ccnc(C(=O)Nc2ccccc2N2CCOCC2)c1. The molecule has 29 heavy (non-hydrogen) atoms. The van der Waals surface area contributed by atoms with E-state index in [0.29, 0.717) is 18.9 Å². The number of amides is 1. The summed E-state index contributed by atoms with van der Waals surface area (Å²) in [7, 11) is 1.97. The zero-order chi connectivity index (χ0) is 20.1. The maximum Gasteiger partial charge on any atom is 0.274 e. The zero-order valence-corrected chi connectivity index (χ0v) is 16.4. The summed E-state index contributed by atoms with van der Waals surface area (Å²) in [6.07, 6.45) is 1.66. The number of hydrogen-bond donors (Lipinski definition) is 1. The minimum absolute atomic E-state index is 0.228. The first-order valence-corrected chi connectivity index (χ1v) is 9.70. The van der Waals surface area contributed by atoms with E-state index in [0.717, 1.165) is 35.8 Å². The predicted molar refractivity (Wildman–Crippen MR) is 116 cm³/mol. The van der Waals surface area contributed by atoms with E-state index in [1.165, 1.54) is 0 Å². The molecule has 3 aromatic rings. The summed E-state index contributed by atoms with van der Waals surface area (Å²) in [4.78, 5) is 21.5. The van der Waals surface area contributed by atoms with Gasteiger partial charge in [0, 0.05) is 37.7 Å². The minimum atomic E-state index is -0.228. The lowest BCUT2D eigenvalue weighted by Crippen LogP contribution is -2.36. The normalized spacial score (nSPS) is 13.8. The highest BCUT2D eigenvalue weighted by Gasteiger charge is 2.17. The van der Waals surface area contributed by atoms with Gasteiger partial charge in [-0.15, -0.1) is 0 Å². The Morgan fingerprint density at radius 2 is 1.72 bits per heavy atom. The van der Waals surface area contributed by atoms with Gasteiger partial charge in [-0.3, -0.25) is 9.78 Å². The standard InChI is InChI=1S/C23H24N4O2/c1-26(18-7-3-2-4-8-18)19-11-12-24-21(17-19)23(28)25-20-9-5-6-10-22(20)27-13-15-29-16-14-27/h2-12,17H,13-16H2,1H3,(H,25,28). The molecule has 148 valence electrons. The van der Waals surface area contributed by atoms with Crippen LogP contribution in [0.15, 0.2) is 72.9 Å². The van der Waals surface area contributed by atoms with E-state index in [1.54, 1.807) is 12.3 Å². The van der Waals surface area contributed by atoms with Gasteiger partial charge in [0.05, 0.1) is 24.6 Å². The molecule has 1 N–H and O–H groups in total. The third-order valence-corrected chi connectivity index (χ3v) is 5.01. The monoisotopic (exact) mass is 388 g/mol. The van der Waals surface area contributed by atoms with Crippen LogP contribution in [0.1, 0.15) is 10.5 Å². The molecule has 1 aliphatic rings. The fraction of sp³-hybridized carbons (Fsp3) is 0.217. The van der Waals surface area contributed by atoms with Crippen LogP contribution in [0.4, 0.5) is 22.7 Å². The van der Waals surface area contributed by atoms with E-state index < -0.39 is 0 Å². The molecule has 2 heterocycles. The third kappa shape index (κ3) is 4.38. The molecule has 0 aliphatic carbocycles. The van der Waals surface area contributed by atoms with Crippen molar-refractivity contribution in [1.29, 1.82) is 0 Å². The summed E-state index contributed by atoms with van der Waals surface area (Å²) in [6, 6.07) is 21.6. The number of para-hydroxylation sites is 3. The first kappa shape index (κ1) is 19.0. The van der Waals surface area contributed by atoms with Crippen LogP contribution in [-0.4, -0.2) is 44.2 Å². The number of ether oxygens (including phenoxy) is 1. The topological polar surface area (TPSA) is 57.7 Å². The Morgan fingerprint density at radius 1 is 1.00 bits per heavy atom. The second-order valence-electron chi connectivity index (χ2n) is 6.86. The number of nitrogens with zero attached hydrogens (tertiary/aromatic N) is 3. The Morgan fingerprint density at radius 3 is 2.52 bits per heavy atom. The second-order valence-corrected chi connectivity index (χ2v) is 6.86. The van der Waals surface area contributed by atoms with Gasteiger partial charge in [0.1, 0.15) is 5.69 Å². The lowest BCUT2D eigenvalue weighted by atomic mass is 10.2. The fourth-order valence-electron chi connectivity index (χ4n) is 3.40. The van der Waals surface area contributed by atoms with Crippen LogP contribution in [0.25, 0.3) is 0 Å². The maximum absolute atomic E-state index is 12.9. The molecule has 0 atom stereocenters. The quantitative estimate of drug-likeness (QED) is 0.718. The van der Waals surface area contributed by atoms with Crippen LogP contribution in [0.3, 0.4) is 0 Å². The third-order valence-electron chi connectivity index (χ3n) is 5.01. The summed E-state index contributed by atoms with van der Waals surface area (Å²) in [5.41, 5.74) is 4.10. The summed E-state index contributed by atoms with van der Waals surface area (Å²) in [5.74, 6) is -0.228. The minimum Gasteiger partial charge on any atom is -0.378 e. The number of morpholine rings is 1. The van der Waals surface area contributed by atoms with Gasteiger partial charge in [0.2, 0.25) is 0 Å². The highest BCUT2D eigenvalue weighted by molar-refractivity contribution is 6.05. The van der Waals surface area contributed by atoms with E-state index in [4.69, 9.17) is 4.74 Å². The first-order valence-electron chi connectivity index (χ1n) is 9.70. The van der Waals surface area contributed by atoms with Crippen molar-refractivity contribution in [2.75, 3.05) is 48.5 Å². The van der Waals surface area contributed by atoms with Gasteiger partial charge in [-0.2, -0.15) is 0 Å². The molecular formula is C23H24N4O2. The van der Waals surface area contributed by atoms with Crippen LogP contribution < -0.4 is 15.1 Å². The number of nitrogens with one attached hydrogen (secondary N) is 1. The number of hydrogen-bond acceptors (Lipinski definition) is 5. The number of rotatable bonds is 5. The van der Waals surface area contributed by atoms with Crippen molar-refractivity contribution in [1.82, 2.24) is 4.98 Å².